The maximum atomic E-state index is 14.7. The molecule has 0 bridgehead atoms. The van der Waals surface area contributed by atoms with Crippen LogP contribution >= 0.6 is 24.8 Å². The van der Waals surface area contributed by atoms with E-state index in [-0.39, 0.29) is 30.4 Å². The molecule has 3 aromatic rings. The first-order valence-corrected chi connectivity index (χ1v) is 9.57. The van der Waals surface area contributed by atoms with Gasteiger partial charge in [-0.25, -0.2) is 13.8 Å². The molecule has 4 rings (SSSR count). The summed E-state index contributed by atoms with van der Waals surface area (Å²) in [5, 5.41) is 3.40. The van der Waals surface area contributed by atoms with Gasteiger partial charge in [0.1, 0.15) is 0 Å². The van der Waals surface area contributed by atoms with Crippen LogP contribution in [-0.2, 0) is 6.54 Å². The van der Waals surface area contributed by atoms with Gasteiger partial charge < -0.3 is 10.3 Å². The highest BCUT2D eigenvalue weighted by Crippen LogP contribution is 2.35. The van der Waals surface area contributed by atoms with Gasteiger partial charge in [-0.1, -0.05) is 32.0 Å². The third-order valence-electron chi connectivity index (χ3n) is 5.82. The van der Waals surface area contributed by atoms with E-state index in [1.54, 1.807) is 30.6 Å². The summed E-state index contributed by atoms with van der Waals surface area (Å²) in [4.78, 5) is 7.18. The van der Waals surface area contributed by atoms with E-state index in [2.05, 4.69) is 29.1 Å². The molecule has 2 N–H and O–H groups in total. The monoisotopic (exact) mass is 441 g/mol. The van der Waals surface area contributed by atoms with Crippen molar-refractivity contribution in [2.24, 2.45) is 5.41 Å². The molecule has 1 saturated carbocycles. The van der Waals surface area contributed by atoms with Crippen molar-refractivity contribution in [1.82, 2.24) is 15.3 Å². The van der Waals surface area contributed by atoms with Gasteiger partial charge in [-0.05, 0) is 48.8 Å². The number of aromatic nitrogens is 2. The fourth-order valence-electron chi connectivity index (χ4n) is 3.91. The molecule has 1 fully saturated rings. The normalized spacial score (nSPS) is 16.3. The average molecular weight is 442 g/mol. The zero-order chi connectivity index (χ0) is 19.0. The molecule has 1 aliphatic rings. The summed E-state index contributed by atoms with van der Waals surface area (Å²) in [6, 6.07) is 9.10. The van der Waals surface area contributed by atoms with Crippen molar-refractivity contribution in [1.29, 1.82) is 0 Å². The molecule has 1 aliphatic carbocycles. The van der Waals surface area contributed by atoms with Crippen molar-refractivity contribution >= 4 is 35.8 Å². The largest absolute Gasteiger partial charge is 0.345 e. The number of nitrogens with zero attached hydrogens (tertiary/aromatic N) is 1. The second-order valence-corrected chi connectivity index (χ2v) is 8.35. The Kier molecular flexibility index (Phi) is 7.66. The Morgan fingerprint density at radius 3 is 2.52 bits per heavy atom. The van der Waals surface area contributed by atoms with Crippen LogP contribution in [0.4, 0.5) is 8.78 Å². The van der Waals surface area contributed by atoms with E-state index in [4.69, 9.17) is 0 Å². The van der Waals surface area contributed by atoms with Crippen LogP contribution in [-0.4, -0.2) is 16.0 Å². The van der Waals surface area contributed by atoms with Gasteiger partial charge in [0.15, 0.2) is 11.6 Å². The molecule has 0 atom stereocenters. The summed E-state index contributed by atoms with van der Waals surface area (Å²) in [5.74, 6) is -1.56. The fraction of sp³-hybridized carbons (Fsp3) is 0.409. The molecule has 158 valence electrons. The molecule has 0 amide bonds. The van der Waals surface area contributed by atoms with Crippen molar-refractivity contribution < 1.29 is 8.78 Å². The van der Waals surface area contributed by atoms with E-state index in [9.17, 15) is 8.78 Å². The number of H-pyrrole nitrogens is 1. The Hall–Kier alpha value is -1.69. The molecule has 7 heteroatoms. The highest BCUT2D eigenvalue weighted by molar-refractivity contribution is 5.85. The van der Waals surface area contributed by atoms with E-state index in [0.717, 1.165) is 36.7 Å². The summed E-state index contributed by atoms with van der Waals surface area (Å²) in [5.41, 5.74) is 3.27. The quantitative estimate of drug-likeness (QED) is 0.490. The lowest BCUT2D eigenvalue weighted by Gasteiger charge is -2.34. The number of imidazole rings is 1. The highest BCUT2D eigenvalue weighted by atomic mass is 35.5. The van der Waals surface area contributed by atoms with Gasteiger partial charge in [-0.2, -0.15) is 0 Å². The first kappa shape index (κ1) is 23.6. The summed E-state index contributed by atoms with van der Waals surface area (Å²) < 4.78 is 29.4. The van der Waals surface area contributed by atoms with E-state index < -0.39 is 11.6 Å². The van der Waals surface area contributed by atoms with Gasteiger partial charge in [0.25, 0.3) is 0 Å². The fourth-order valence-corrected chi connectivity index (χ4v) is 3.91. The second kappa shape index (κ2) is 9.41. The number of aromatic amines is 1. The summed E-state index contributed by atoms with van der Waals surface area (Å²) >= 11 is 0. The highest BCUT2D eigenvalue weighted by Gasteiger charge is 2.26. The Bertz CT molecular complexity index is 962. The average Bonchev–Trinajstić information content (AvgIpc) is 3.12. The molecular weight excluding hydrogens is 415 g/mol. The minimum atomic E-state index is -0.797. The topological polar surface area (TPSA) is 40.7 Å². The van der Waals surface area contributed by atoms with E-state index in [1.165, 1.54) is 0 Å². The Morgan fingerprint density at radius 1 is 1.07 bits per heavy atom. The van der Waals surface area contributed by atoms with Gasteiger partial charge >= 0.3 is 0 Å². The zero-order valence-corrected chi connectivity index (χ0v) is 18.2. The third-order valence-corrected chi connectivity index (χ3v) is 5.82. The second-order valence-electron chi connectivity index (χ2n) is 8.35. The van der Waals surface area contributed by atoms with Crippen molar-refractivity contribution in [3.05, 3.63) is 53.9 Å². The lowest BCUT2D eigenvalue weighted by Crippen LogP contribution is -2.35. The maximum Gasteiger partial charge on any atom is 0.166 e. The van der Waals surface area contributed by atoms with Crippen molar-refractivity contribution in [2.45, 2.75) is 52.1 Å². The Balaban J connectivity index is 0.00000150. The molecule has 0 unspecified atom stereocenters. The molecule has 2 aromatic carbocycles. The maximum absolute atomic E-state index is 14.7. The first-order chi connectivity index (χ1) is 12.9. The SMILES string of the molecule is CC1(C)CCC(NCc2ccc(-c3ccc4[nH]cnc4c3)c(F)c2F)CC1.Cl.Cl. The predicted octanol–water partition coefficient (Wildman–Crippen LogP) is 6.41. The Morgan fingerprint density at radius 2 is 1.79 bits per heavy atom. The molecule has 0 spiro atoms. The number of halogens is 4. The number of hydrogen-bond acceptors (Lipinski definition) is 2. The molecule has 0 saturated heterocycles. The third kappa shape index (κ3) is 5.08. The Labute approximate surface area is 182 Å². The van der Waals surface area contributed by atoms with E-state index in [0.29, 0.717) is 29.1 Å². The van der Waals surface area contributed by atoms with Crippen LogP contribution in [0.1, 0.15) is 45.1 Å². The number of rotatable bonds is 4. The van der Waals surface area contributed by atoms with Gasteiger partial charge in [0, 0.05) is 23.7 Å². The molecule has 1 aromatic heterocycles. The van der Waals surface area contributed by atoms with Crippen LogP contribution in [0.2, 0.25) is 0 Å². The number of nitrogens with one attached hydrogen (secondary N) is 2. The van der Waals surface area contributed by atoms with Crippen LogP contribution < -0.4 is 5.32 Å². The smallest absolute Gasteiger partial charge is 0.166 e. The number of fused-ring (bicyclic) bond motifs is 1. The van der Waals surface area contributed by atoms with Crippen LogP contribution in [0.5, 0.6) is 0 Å². The molecule has 29 heavy (non-hydrogen) atoms. The first-order valence-electron chi connectivity index (χ1n) is 9.57. The van der Waals surface area contributed by atoms with E-state index in [1.807, 2.05) is 6.07 Å². The lowest BCUT2D eigenvalue weighted by atomic mass is 9.75. The summed E-state index contributed by atoms with van der Waals surface area (Å²) in [7, 11) is 0. The van der Waals surface area contributed by atoms with E-state index >= 15 is 0 Å². The van der Waals surface area contributed by atoms with Crippen LogP contribution in [0.25, 0.3) is 22.2 Å². The number of benzene rings is 2. The molecule has 0 radical (unpaired) electrons. The summed E-state index contributed by atoms with van der Waals surface area (Å²) in [6.45, 7) is 4.93. The van der Waals surface area contributed by atoms with Crippen molar-refractivity contribution in [2.75, 3.05) is 0 Å². The molecule has 3 nitrogen and oxygen atoms in total. The minimum Gasteiger partial charge on any atom is -0.345 e. The number of hydrogen-bond donors (Lipinski definition) is 2. The van der Waals surface area contributed by atoms with Gasteiger partial charge in [0.05, 0.1) is 17.4 Å². The minimum absolute atomic E-state index is 0. The van der Waals surface area contributed by atoms with Crippen LogP contribution in [0.15, 0.2) is 36.7 Å². The molecular formula is C22H27Cl2F2N3. The van der Waals surface area contributed by atoms with Gasteiger partial charge in [-0.3, -0.25) is 0 Å². The molecule has 0 aliphatic heterocycles. The van der Waals surface area contributed by atoms with Gasteiger partial charge in [-0.15, -0.1) is 24.8 Å². The zero-order valence-electron chi connectivity index (χ0n) is 16.6. The van der Waals surface area contributed by atoms with Gasteiger partial charge in [0.2, 0.25) is 0 Å². The predicted molar refractivity (Wildman–Crippen MR) is 119 cm³/mol. The van der Waals surface area contributed by atoms with Crippen LogP contribution in [0.3, 0.4) is 0 Å². The summed E-state index contributed by atoms with van der Waals surface area (Å²) in [6.07, 6.45) is 6.08. The van der Waals surface area contributed by atoms with Crippen molar-refractivity contribution in [3.63, 3.8) is 0 Å². The molecule has 1 heterocycles. The standard InChI is InChI=1S/C22H25F2N3.2ClH/c1-22(2)9-7-16(8-10-22)25-12-15-3-5-17(21(24)20(15)23)14-4-6-18-19(11-14)27-13-26-18;;/h3-6,11,13,16,25H,7-10,12H2,1-2H3,(H,26,27);2*1H. The lowest BCUT2D eigenvalue weighted by molar-refractivity contribution is 0.205. The van der Waals surface area contributed by atoms with Crippen molar-refractivity contribution in [3.8, 4) is 11.1 Å². The van der Waals surface area contributed by atoms with Crippen LogP contribution in [0, 0.1) is 17.0 Å².